The predicted molar refractivity (Wildman–Crippen MR) is 53.3 cm³/mol. The summed E-state index contributed by atoms with van der Waals surface area (Å²) in [4.78, 5) is 11.6. The van der Waals surface area contributed by atoms with Gasteiger partial charge in [-0.2, -0.15) is 5.10 Å². The Balaban J connectivity index is 2.18. The van der Waals surface area contributed by atoms with Crippen molar-refractivity contribution in [3.05, 3.63) is 11.9 Å². The number of aryl methyl sites for hydroxylation is 1. The average Bonchev–Trinajstić information content (AvgIpc) is 2.75. The van der Waals surface area contributed by atoms with Gasteiger partial charge in [0.2, 0.25) is 5.13 Å². The predicted octanol–water partition coefficient (Wildman–Crippen LogP) is -0.499. The van der Waals surface area contributed by atoms with Gasteiger partial charge in [0.05, 0.1) is 5.69 Å². The highest BCUT2D eigenvalue weighted by Crippen LogP contribution is 2.12. The minimum atomic E-state index is -0.424. The van der Waals surface area contributed by atoms with Crippen molar-refractivity contribution in [2.75, 3.05) is 11.1 Å². The average molecular weight is 225 g/mol. The molecular weight excluding hydrogens is 218 g/mol. The Bertz CT molecular complexity index is 476. The molecule has 0 saturated carbocycles. The van der Waals surface area contributed by atoms with E-state index in [9.17, 15) is 4.79 Å². The first-order valence-electron chi connectivity index (χ1n) is 3.92. The molecule has 2 heterocycles. The first-order valence-corrected chi connectivity index (χ1v) is 4.69. The van der Waals surface area contributed by atoms with Crippen molar-refractivity contribution < 1.29 is 4.79 Å². The lowest BCUT2D eigenvalue weighted by Gasteiger charge is -1.96. The van der Waals surface area contributed by atoms with Crippen molar-refractivity contribution in [1.29, 1.82) is 0 Å². The van der Waals surface area contributed by atoms with Crippen LogP contribution < -0.4 is 11.1 Å². The smallest absolute Gasteiger partial charge is 0.280 e. The van der Waals surface area contributed by atoms with Crippen LogP contribution in [0, 0.1) is 0 Å². The zero-order valence-corrected chi connectivity index (χ0v) is 8.52. The van der Waals surface area contributed by atoms with E-state index in [0.717, 1.165) is 11.5 Å². The molecule has 1 amide bonds. The monoisotopic (exact) mass is 225 g/mol. The molecule has 0 atom stereocenters. The second-order valence-electron chi connectivity index (χ2n) is 2.73. The summed E-state index contributed by atoms with van der Waals surface area (Å²) in [5.74, 6) is -0.424. The van der Waals surface area contributed by atoms with Crippen LogP contribution in [0.4, 0.5) is 10.8 Å². The van der Waals surface area contributed by atoms with Gasteiger partial charge in [-0.05, 0) is 5.21 Å². The van der Waals surface area contributed by atoms with Gasteiger partial charge < -0.3 is 5.73 Å². The van der Waals surface area contributed by atoms with Crippen molar-refractivity contribution in [2.24, 2.45) is 7.05 Å². The van der Waals surface area contributed by atoms with E-state index in [0.29, 0.717) is 10.8 Å². The molecular formula is C6H7N7OS. The lowest BCUT2D eigenvalue weighted by molar-refractivity contribution is 0.102. The zero-order chi connectivity index (χ0) is 10.8. The molecule has 0 fully saturated rings. The van der Waals surface area contributed by atoms with E-state index in [1.807, 2.05) is 0 Å². The normalized spacial score (nSPS) is 10.2. The molecule has 0 radical (unpaired) electrons. The molecule has 0 unspecified atom stereocenters. The van der Waals surface area contributed by atoms with Crippen LogP contribution >= 0.6 is 11.5 Å². The fourth-order valence-corrected chi connectivity index (χ4v) is 1.38. The summed E-state index contributed by atoms with van der Waals surface area (Å²) in [6.07, 6.45) is 1.55. The van der Waals surface area contributed by atoms with Gasteiger partial charge in [0, 0.05) is 24.8 Å². The summed E-state index contributed by atoms with van der Waals surface area (Å²) in [6.45, 7) is 0. The number of nitrogens with one attached hydrogen (secondary N) is 1. The minimum absolute atomic E-state index is 0.160. The number of nitrogen functional groups attached to an aromatic ring is 1. The van der Waals surface area contributed by atoms with E-state index in [4.69, 9.17) is 5.73 Å². The second-order valence-corrected chi connectivity index (χ2v) is 3.46. The molecule has 2 aromatic rings. The van der Waals surface area contributed by atoms with E-state index in [2.05, 4.69) is 25.2 Å². The fraction of sp³-hybridized carbons (Fsp3) is 0.167. The molecule has 0 aliphatic carbocycles. The second kappa shape index (κ2) is 3.61. The summed E-state index contributed by atoms with van der Waals surface area (Å²) < 4.78 is 4.97. The number of carbonyl (C=O) groups is 1. The van der Waals surface area contributed by atoms with Crippen LogP contribution in [0.15, 0.2) is 6.20 Å². The van der Waals surface area contributed by atoms with Gasteiger partial charge in [0.15, 0.2) is 5.69 Å². The van der Waals surface area contributed by atoms with Crippen LogP contribution in [-0.4, -0.2) is 30.5 Å². The van der Waals surface area contributed by atoms with Gasteiger partial charge >= 0.3 is 0 Å². The summed E-state index contributed by atoms with van der Waals surface area (Å²) in [6, 6.07) is 0. The number of carbonyl (C=O) groups excluding carboxylic acids is 1. The highest BCUT2D eigenvalue weighted by atomic mass is 32.1. The Morgan fingerprint density at radius 1 is 1.67 bits per heavy atom. The Hall–Kier alpha value is -2.03. The largest absolute Gasteiger partial charge is 0.396 e. The number of rotatable bonds is 2. The Morgan fingerprint density at radius 2 is 2.47 bits per heavy atom. The first-order chi connectivity index (χ1) is 7.16. The van der Waals surface area contributed by atoms with Crippen molar-refractivity contribution in [1.82, 2.24) is 24.6 Å². The highest BCUT2D eigenvalue weighted by molar-refractivity contribution is 7.09. The molecule has 0 aliphatic rings. The molecule has 0 spiro atoms. The molecule has 0 saturated heterocycles. The number of aromatic nitrogens is 5. The Morgan fingerprint density at radius 3 is 3.00 bits per heavy atom. The third kappa shape index (κ3) is 1.91. The Kier molecular flexibility index (Phi) is 2.29. The van der Waals surface area contributed by atoms with E-state index < -0.39 is 5.91 Å². The van der Waals surface area contributed by atoms with E-state index in [-0.39, 0.29) is 5.69 Å². The number of nitrogens with two attached hydrogens (primary N) is 1. The molecule has 9 heteroatoms. The molecule has 0 aromatic carbocycles. The number of anilines is 2. The topological polar surface area (TPSA) is 112 Å². The number of hydrogen-bond acceptors (Lipinski definition) is 7. The van der Waals surface area contributed by atoms with Gasteiger partial charge in [-0.3, -0.25) is 14.8 Å². The maximum atomic E-state index is 11.6. The fourth-order valence-electron chi connectivity index (χ4n) is 1.02. The van der Waals surface area contributed by atoms with Crippen molar-refractivity contribution >= 4 is 28.3 Å². The van der Waals surface area contributed by atoms with Crippen molar-refractivity contribution in [3.63, 3.8) is 0 Å². The van der Waals surface area contributed by atoms with Crippen LogP contribution in [0.5, 0.6) is 0 Å². The first kappa shape index (κ1) is 9.52. The summed E-state index contributed by atoms with van der Waals surface area (Å²) in [7, 11) is 1.68. The maximum Gasteiger partial charge on any atom is 0.280 e. The maximum absolute atomic E-state index is 11.6. The molecule has 15 heavy (non-hydrogen) atoms. The molecule has 3 N–H and O–H groups in total. The lowest BCUT2D eigenvalue weighted by Crippen LogP contribution is -2.14. The van der Waals surface area contributed by atoms with E-state index in [1.165, 1.54) is 4.68 Å². The molecule has 0 aliphatic heterocycles. The van der Waals surface area contributed by atoms with Gasteiger partial charge in [0.1, 0.15) is 0 Å². The number of hydrogen-bond donors (Lipinski definition) is 2. The summed E-state index contributed by atoms with van der Waals surface area (Å²) in [5.41, 5.74) is 6.05. The van der Waals surface area contributed by atoms with E-state index >= 15 is 0 Å². The summed E-state index contributed by atoms with van der Waals surface area (Å²) in [5, 5.41) is 13.6. The molecule has 8 nitrogen and oxygen atoms in total. The van der Waals surface area contributed by atoms with Gasteiger partial charge in [-0.15, -0.1) is 0 Å². The summed E-state index contributed by atoms with van der Waals surface area (Å²) >= 11 is 0.979. The van der Waals surface area contributed by atoms with Crippen LogP contribution in [0.1, 0.15) is 10.5 Å². The third-order valence-electron chi connectivity index (χ3n) is 1.59. The standard InChI is InChI=1S/C6H7N7OS/c1-13-2-3(7)4(10-13)5(14)8-6-9-11-12-15-6/h2H,7H2,1H3,(H,8,9,12,14). The zero-order valence-electron chi connectivity index (χ0n) is 7.71. The molecule has 2 rings (SSSR count). The van der Waals surface area contributed by atoms with Crippen LogP contribution in [0.2, 0.25) is 0 Å². The van der Waals surface area contributed by atoms with Gasteiger partial charge in [-0.1, -0.05) is 9.59 Å². The highest BCUT2D eigenvalue weighted by Gasteiger charge is 2.15. The van der Waals surface area contributed by atoms with Crippen LogP contribution in [0.3, 0.4) is 0 Å². The van der Waals surface area contributed by atoms with Crippen molar-refractivity contribution in [2.45, 2.75) is 0 Å². The molecule has 0 bridgehead atoms. The minimum Gasteiger partial charge on any atom is -0.396 e. The lowest BCUT2D eigenvalue weighted by atomic mass is 10.3. The molecule has 2 aromatic heterocycles. The third-order valence-corrected chi connectivity index (χ3v) is 2.10. The van der Waals surface area contributed by atoms with Crippen LogP contribution in [0.25, 0.3) is 0 Å². The van der Waals surface area contributed by atoms with Crippen molar-refractivity contribution in [3.8, 4) is 0 Å². The SMILES string of the molecule is Cn1cc(N)c(C(=O)Nc2nnns2)n1. The molecule has 78 valence electrons. The Labute approximate surface area is 88.3 Å². The van der Waals surface area contributed by atoms with Gasteiger partial charge in [0.25, 0.3) is 5.91 Å². The number of nitrogens with zero attached hydrogens (tertiary/aromatic N) is 5. The van der Waals surface area contributed by atoms with Gasteiger partial charge in [-0.25, -0.2) is 0 Å². The quantitative estimate of drug-likeness (QED) is 0.712. The van der Waals surface area contributed by atoms with Crippen LogP contribution in [-0.2, 0) is 7.05 Å². The van der Waals surface area contributed by atoms with E-state index in [1.54, 1.807) is 13.2 Å². The number of amides is 1.